The summed E-state index contributed by atoms with van der Waals surface area (Å²) < 4.78 is 5.32. The first-order chi connectivity index (χ1) is 8.75. The minimum atomic E-state index is 0. The van der Waals surface area contributed by atoms with Crippen LogP contribution in [-0.2, 0) is 4.74 Å². The molecular weight excluding hydrogens is 355 g/mol. The molecule has 5 nitrogen and oxygen atoms in total. The third-order valence-electron chi connectivity index (χ3n) is 3.77. The van der Waals surface area contributed by atoms with Gasteiger partial charge in [-0.15, -0.1) is 24.0 Å². The number of ether oxygens (including phenoxy) is 1. The van der Waals surface area contributed by atoms with Crippen molar-refractivity contribution < 1.29 is 4.74 Å². The zero-order valence-electron chi connectivity index (χ0n) is 11.9. The molecule has 2 N–H and O–H groups in total. The Balaban J connectivity index is 0.00000180. The van der Waals surface area contributed by atoms with E-state index in [9.17, 15) is 0 Å². The van der Waals surface area contributed by atoms with Crippen LogP contribution in [0.1, 0.15) is 19.8 Å². The second kappa shape index (κ2) is 8.97. The SMILES string of the molecule is CC1CCCN(C(N)=NCCN2CCOCC2)C1.I. The third kappa shape index (κ3) is 5.83. The number of rotatable bonds is 3. The molecule has 0 aliphatic carbocycles. The van der Waals surface area contributed by atoms with Crippen LogP contribution < -0.4 is 5.73 Å². The summed E-state index contributed by atoms with van der Waals surface area (Å²) in [5.41, 5.74) is 6.06. The molecule has 2 saturated heterocycles. The highest BCUT2D eigenvalue weighted by Crippen LogP contribution is 2.14. The molecule has 0 radical (unpaired) electrons. The van der Waals surface area contributed by atoms with Crippen molar-refractivity contribution in [3.63, 3.8) is 0 Å². The van der Waals surface area contributed by atoms with E-state index in [0.29, 0.717) is 0 Å². The Morgan fingerprint density at radius 3 is 2.74 bits per heavy atom. The Hall–Kier alpha value is -0.0800. The summed E-state index contributed by atoms with van der Waals surface area (Å²) in [5, 5.41) is 0. The normalized spacial score (nSPS) is 26.1. The van der Waals surface area contributed by atoms with Crippen LogP contribution >= 0.6 is 24.0 Å². The fourth-order valence-electron chi connectivity index (χ4n) is 2.63. The van der Waals surface area contributed by atoms with Gasteiger partial charge < -0.3 is 15.4 Å². The van der Waals surface area contributed by atoms with Crippen molar-refractivity contribution in [1.82, 2.24) is 9.80 Å². The largest absolute Gasteiger partial charge is 0.379 e. The highest BCUT2D eigenvalue weighted by molar-refractivity contribution is 14.0. The molecule has 2 fully saturated rings. The number of morpholine rings is 1. The lowest BCUT2D eigenvalue weighted by molar-refractivity contribution is 0.0394. The van der Waals surface area contributed by atoms with Gasteiger partial charge in [-0.25, -0.2) is 0 Å². The molecule has 0 aromatic heterocycles. The lowest BCUT2D eigenvalue weighted by Gasteiger charge is -2.32. The van der Waals surface area contributed by atoms with Gasteiger partial charge in [0.05, 0.1) is 19.8 Å². The van der Waals surface area contributed by atoms with E-state index in [0.717, 1.165) is 64.4 Å². The molecule has 2 aliphatic heterocycles. The second-order valence-electron chi connectivity index (χ2n) is 5.39. The number of nitrogens with zero attached hydrogens (tertiary/aromatic N) is 3. The van der Waals surface area contributed by atoms with Gasteiger partial charge in [-0.2, -0.15) is 0 Å². The predicted molar refractivity (Wildman–Crippen MR) is 89.1 cm³/mol. The summed E-state index contributed by atoms with van der Waals surface area (Å²) in [6.07, 6.45) is 2.55. The van der Waals surface area contributed by atoms with Gasteiger partial charge >= 0.3 is 0 Å². The number of hydrogen-bond acceptors (Lipinski definition) is 3. The van der Waals surface area contributed by atoms with Gasteiger partial charge in [0.2, 0.25) is 0 Å². The van der Waals surface area contributed by atoms with E-state index in [1.807, 2.05) is 0 Å². The van der Waals surface area contributed by atoms with Crippen LogP contribution in [-0.4, -0.2) is 68.2 Å². The number of aliphatic imine (C=N–C) groups is 1. The maximum atomic E-state index is 6.06. The van der Waals surface area contributed by atoms with Crippen molar-refractivity contribution in [1.29, 1.82) is 0 Å². The molecule has 0 aromatic rings. The Bertz CT molecular complexity index is 282. The summed E-state index contributed by atoms with van der Waals surface area (Å²) in [5.74, 6) is 1.47. The molecule has 0 amide bonds. The van der Waals surface area contributed by atoms with E-state index in [4.69, 9.17) is 10.5 Å². The molecule has 0 saturated carbocycles. The van der Waals surface area contributed by atoms with Crippen LogP contribution in [0.2, 0.25) is 0 Å². The standard InChI is InChI=1S/C13H26N4O.HI/c1-12-3-2-5-17(11-12)13(14)15-4-6-16-7-9-18-10-8-16;/h12H,2-11H2,1H3,(H2,14,15);1H. The average molecular weight is 382 g/mol. The second-order valence-corrected chi connectivity index (χ2v) is 5.39. The van der Waals surface area contributed by atoms with E-state index in [1.165, 1.54) is 12.8 Å². The Morgan fingerprint density at radius 2 is 2.05 bits per heavy atom. The molecule has 112 valence electrons. The topological polar surface area (TPSA) is 54.1 Å². The van der Waals surface area contributed by atoms with Crippen LogP contribution in [0.25, 0.3) is 0 Å². The van der Waals surface area contributed by atoms with E-state index < -0.39 is 0 Å². The Labute approximate surface area is 133 Å². The summed E-state index contributed by atoms with van der Waals surface area (Å²) >= 11 is 0. The fraction of sp³-hybridized carbons (Fsp3) is 0.923. The van der Waals surface area contributed by atoms with Gasteiger partial charge in [-0.3, -0.25) is 9.89 Å². The number of halogens is 1. The van der Waals surface area contributed by atoms with Gasteiger partial charge in [-0.1, -0.05) is 6.92 Å². The quantitative estimate of drug-likeness (QED) is 0.449. The van der Waals surface area contributed by atoms with Crippen molar-refractivity contribution in [3.8, 4) is 0 Å². The monoisotopic (exact) mass is 382 g/mol. The molecule has 1 atom stereocenters. The number of guanidine groups is 1. The Morgan fingerprint density at radius 1 is 1.32 bits per heavy atom. The molecule has 19 heavy (non-hydrogen) atoms. The number of piperidine rings is 1. The van der Waals surface area contributed by atoms with E-state index in [2.05, 4.69) is 21.7 Å². The first-order valence-corrected chi connectivity index (χ1v) is 7.10. The van der Waals surface area contributed by atoms with Gasteiger partial charge in [0, 0.05) is 32.7 Å². The van der Waals surface area contributed by atoms with Crippen molar-refractivity contribution in [2.75, 3.05) is 52.5 Å². The summed E-state index contributed by atoms with van der Waals surface area (Å²) in [6, 6.07) is 0. The molecule has 2 heterocycles. The molecule has 1 unspecified atom stereocenters. The highest BCUT2D eigenvalue weighted by atomic mass is 127. The summed E-state index contributed by atoms with van der Waals surface area (Å²) in [6.45, 7) is 9.96. The molecule has 0 bridgehead atoms. The maximum absolute atomic E-state index is 6.06. The molecule has 0 aromatic carbocycles. The molecule has 2 rings (SSSR count). The Kier molecular flexibility index (Phi) is 8.01. The van der Waals surface area contributed by atoms with Crippen LogP contribution in [0.5, 0.6) is 0 Å². The first kappa shape index (κ1) is 17.0. The van der Waals surface area contributed by atoms with E-state index >= 15 is 0 Å². The molecule has 0 spiro atoms. The van der Waals surface area contributed by atoms with Crippen LogP contribution in [0.4, 0.5) is 0 Å². The van der Waals surface area contributed by atoms with Crippen LogP contribution in [0.15, 0.2) is 4.99 Å². The van der Waals surface area contributed by atoms with Crippen molar-refractivity contribution in [2.24, 2.45) is 16.6 Å². The van der Waals surface area contributed by atoms with Crippen molar-refractivity contribution >= 4 is 29.9 Å². The van der Waals surface area contributed by atoms with Gasteiger partial charge in [0.25, 0.3) is 0 Å². The number of hydrogen-bond donors (Lipinski definition) is 1. The number of likely N-dealkylation sites (tertiary alicyclic amines) is 1. The molecule has 6 heteroatoms. The smallest absolute Gasteiger partial charge is 0.191 e. The minimum absolute atomic E-state index is 0. The zero-order chi connectivity index (χ0) is 12.8. The van der Waals surface area contributed by atoms with Crippen molar-refractivity contribution in [2.45, 2.75) is 19.8 Å². The zero-order valence-corrected chi connectivity index (χ0v) is 14.2. The van der Waals surface area contributed by atoms with Crippen molar-refractivity contribution in [3.05, 3.63) is 0 Å². The molecule has 2 aliphatic rings. The van der Waals surface area contributed by atoms with E-state index in [-0.39, 0.29) is 24.0 Å². The average Bonchev–Trinajstić information content (AvgIpc) is 2.40. The van der Waals surface area contributed by atoms with Gasteiger partial charge in [0.15, 0.2) is 5.96 Å². The van der Waals surface area contributed by atoms with Gasteiger partial charge in [-0.05, 0) is 18.8 Å². The first-order valence-electron chi connectivity index (χ1n) is 7.10. The maximum Gasteiger partial charge on any atom is 0.191 e. The number of nitrogens with two attached hydrogens (primary N) is 1. The third-order valence-corrected chi connectivity index (χ3v) is 3.77. The van der Waals surface area contributed by atoms with Gasteiger partial charge in [0.1, 0.15) is 0 Å². The lowest BCUT2D eigenvalue weighted by atomic mass is 10.0. The summed E-state index contributed by atoms with van der Waals surface area (Å²) in [7, 11) is 0. The summed E-state index contributed by atoms with van der Waals surface area (Å²) in [4.78, 5) is 9.13. The molecular formula is C13H27IN4O. The fourth-order valence-corrected chi connectivity index (χ4v) is 2.63. The predicted octanol–water partition coefficient (Wildman–Crippen LogP) is 0.983. The van der Waals surface area contributed by atoms with Crippen LogP contribution in [0, 0.1) is 5.92 Å². The highest BCUT2D eigenvalue weighted by Gasteiger charge is 2.17. The lowest BCUT2D eigenvalue weighted by Crippen LogP contribution is -2.44. The van der Waals surface area contributed by atoms with Crippen LogP contribution in [0.3, 0.4) is 0 Å². The van der Waals surface area contributed by atoms with E-state index in [1.54, 1.807) is 0 Å². The minimum Gasteiger partial charge on any atom is -0.379 e.